The van der Waals surface area contributed by atoms with E-state index >= 15 is 0 Å². The lowest BCUT2D eigenvalue weighted by Crippen LogP contribution is -2.29. The molecule has 1 unspecified atom stereocenters. The Morgan fingerprint density at radius 1 is 0.620 bits per heavy atom. The van der Waals surface area contributed by atoms with Crippen LogP contribution in [0.2, 0.25) is 0 Å². The van der Waals surface area contributed by atoms with Gasteiger partial charge >= 0.3 is 0 Å². The van der Waals surface area contributed by atoms with Crippen LogP contribution in [0.15, 0.2) is 146 Å². The fourth-order valence-electron chi connectivity index (χ4n) is 7.54. The zero-order chi connectivity index (χ0) is 33.7. The summed E-state index contributed by atoms with van der Waals surface area (Å²) in [4.78, 5) is 19.9. The largest absolute Gasteiger partial charge is 0.439 e. The van der Waals surface area contributed by atoms with Crippen LogP contribution in [-0.2, 0) is 5.41 Å². The van der Waals surface area contributed by atoms with Gasteiger partial charge in [0.1, 0.15) is 5.75 Å². The first-order valence-electron chi connectivity index (χ1n) is 17.1. The first-order chi connectivity index (χ1) is 24.6. The molecule has 0 saturated carbocycles. The van der Waals surface area contributed by atoms with Gasteiger partial charge in [-0.25, -0.2) is 9.97 Å². The van der Waals surface area contributed by atoms with Crippen molar-refractivity contribution in [3.05, 3.63) is 174 Å². The summed E-state index contributed by atoms with van der Waals surface area (Å²) in [6.45, 7) is 4.42. The van der Waals surface area contributed by atoms with Gasteiger partial charge in [0.2, 0.25) is 5.88 Å². The normalized spacial score (nSPS) is 14.2. The van der Waals surface area contributed by atoms with Gasteiger partial charge in [-0.05, 0) is 83.8 Å². The predicted octanol–water partition coefficient (Wildman–Crippen LogP) is 11.1. The SMILES string of the molecule is CC1CC=Cc2ccc3c(-c4ccc(Oc5cccc(C(C)(c6ccccn6)c6ccccn6)n5)cc4)c4ccc5ccccc5c4nc3c21. The third-order valence-electron chi connectivity index (χ3n) is 10.1. The third-order valence-corrected chi connectivity index (χ3v) is 10.1. The molecule has 1 atom stereocenters. The monoisotopic (exact) mass is 646 g/mol. The van der Waals surface area contributed by atoms with Gasteiger partial charge in [0.25, 0.3) is 0 Å². The number of hydrogen-bond donors (Lipinski definition) is 0. The molecule has 4 aromatic carbocycles. The molecule has 5 nitrogen and oxygen atoms in total. The minimum Gasteiger partial charge on any atom is -0.439 e. The molecular formula is C45H34N4O. The molecule has 0 spiro atoms. The standard InChI is InChI=1S/C45H34N4O/c1-29-11-9-13-31-22-26-36-42(35-25-21-30-12-3-4-14-34(30)43(35)49-44(36)41(29)31)32-19-23-33(24-20-32)50-40-18-10-17-39(48-40)45(2,37-15-5-7-27-46-37)38-16-6-8-28-47-38/h3-10,12-29H,11H2,1-2H3. The minimum atomic E-state index is -0.675. The van der Waals surface area contributed by atoms with Crippen LogP contribution < -0.4 is 4.74 Å². The smallest absolute Gasteiger partial charge is 0.219 e. The van der Waals surface area contributed by atoms with E-state index in [2.05, 4.69) is 86.7 Å². The summed E-state index contributed by atoms with van der Waals surface area (Å²) in [5, 5.41) is 4.66. The second-order valence-electron chi connectivity index (χ2n) is 13.2. The van der Waals surface area contributed by atoms with Gasteiger partial charge in [0.15, 0.2) is 0 Å². The van der Waals surface area contributed by atoms with Crippen LogP contribution in [0.5, 0.6) is 11.6 Å². The zero-order valence-corrected chi connectivity index (χ0v) is 27.9. The molecule has 0 radical (unpaired) electrons. The van der Waals surface area contributed by atoms with Crippen molar-refractivity contribution < 1.29 is 4.74 Å². The van der Waals surface area contributed by atoms with Crippen LogP contribution in [0.1, 0.15) is 54.4 Å². The lowest BCUT2D eigenvalue weighted by molar-refractivity contribution is 0.456. The highest BCUT2D eigenvalue weighted by atomic mass is 16.5. The number of nitrogens with zero attached hydrogens (tertiary/aromatic N) is 4. The average molecular weight is 647 g/mol. The van der Waals surface area contributed by atoms with Gasteiger partial charge in [0, 0.05) is 40.2 Å². The van der Waals surface area contributed by atoms with Crippen LogP contribution >= 0.6 is 0 Å². The molecular weight excluding hydrogens is 613 g/mol. The van der Waals surface area contributed by atoms with Crippen molar-refractivity contribution in [1.29, 1.82) is 0 Å². The molecule has 0 saturated heterocycles. The molecule has 4 aromatic heterocycles. The molecule has 240 valence electrons. The Bertz CT molecular complexity index is 2520. The molecule has 8 aromatic rings. The Hall–Kier alpha value is -6.20. The molecule has 1 aliphatic rings. The van der Waals surface area contributed by atoms with Crippen molar-refractivity contribution in [2.24, 2.45) is 0 Å². The molecule has 9 rings (SSSR count). The topological polar surface area (TPSA) is 60.8 Å². The van der Waals surface area contributed by atoms with E-state index in [1.165, 1.54) is 32.8 Å². The first kappa shape index (κ1) is 29.9. The van der Waals surface area contributed by atoms with Crippen LogP contribution in [-0.4, -0.2) is 19.9 Å². The van der Waals surface area contributed by atoms with Crippen LogP contribution in [0.4, 0.5) is 0 Å². The van der Waals surface area contributed by atoms with Gasteiger partial charge in [0.05, 0.1) is 33.5 Å². The summed E-state index contributed by atoms with van der Waals surface area (Å²) in [6, 6.07) is 43.6. The number of benzene rings is 4. The summed E-state index contributed by atoms with van der Waals surface area (Å²) in [5.74, 6) is 1.61. The number of fused-ring (bicyclic) bond motifs is 6. The van der Waals surface area contributed by atoms with E-state index in [0.29, 0.717) is 17.5 Å². The van der Waals surface area contributed by atoms with Gasteiger partial charge in [-0.2, -0.15) is 0 Å². The van der Waals surface area contributed by atoms with Gasteiger partial charge in [-0.3, -0.25) is 9.97 Å². The van der Waals surface area contributed by atoms with Gasteiger partial charge < -0.3 is 4.74 Å². The van der Waals surface area contributed by atoms with Crippen LogP contribution in [0.3, 0.4) is 0 Å². The lowest BCUT2D eigenvalue weighted by atomic mass is 9.79. The number of ether oxygens (including phenoxy) is 1. The average Bonchev–Trinajstić information content (AvgIpc) is 3.18. The van der Waals surface area contributed by atoms with E-state index in [1.54, 1.807) is 0 Å². The lowest BCUT2D eigenvalue weighted by Gasteiger charge is -2.28. The molecule has 50 heavy (non-hydrogen) atoms. The minimum absolute atomic E-state index is 0.391. The second kappa shape index (κ2) is 12.0. The molecule has 5 heteroatoms. The summed E-state index contributed by atoms with van der Waals surface area (Å²) < 4.78 is 6.43. The highest BCUT2D eigenvalue weighted by molar-refractivity contribution is 6.17. The first-order valence-corrected chi connectivity index (χ1v) is 17.1. The van der Waals surface area contributed by atoms with Crippen LogP contribution in [0, 0.1) is 0 Å². The molecule has 0 bridgehead atoms. The van der Waals surface area contributed by atoms with Crippen molar-refractivity contribution >= 4 is 38.7 Å². The van der Waals surface area contributed by atoms with E-state index in [9.17, 15) is 0 Å². The quantitative estimate of drug-likeness (QED) is 0.133. The zero-order valence-electron chi connectivity index (χ0n) is 27.9. The molecule has 0 fully saturated rings. The van der Waals surface area contributed by atoms with E-state index < -0.39 is 5.41 Å². The molecule has 1 aliphatic carbocycles. The highest BCUT2D eigenvalue weighted by Crippen LogP contribution is 2.43. The highest BCUT2D eigenvalue weighted by Gasteiger charge is 2.35. The molecule has 0 amide bonds. The Morgan fingerprint density at radius 2 is 1.32 bits per heavy atom. The van der Waals surface area contributed by atoms with Crippen molar-refractivity contribution in [1.82, 2.24) is 19.9 Å². The van der Waals surface area contributed by atoms with Crippen molar-refractivity contribution in [2.75, 3.05) is 0 Å². The van der Waals surface area contributed by atoms with Gasteiger partial charge in [-0.1, -0.05) is 97.9 Å². The van der Waals surface area contributed by atoms with E-state index in [1.807, 2.05) is 79.1 Å². The van der Waals surface area contributed by atoms with E-state index in [0.717, 1.165) is 45.5 Å². The maximum atomic E-state index is 6.43. The van der Waals surface area contributed by atoms with Crippen molar-refractivity contribution in [3.8, 4) is 22.8 Å². The fraction of sp³-hybridized carbons (Fsp3) is 0.111. The Morgan fingerprint density at radius 3 is 2.08 bits per heavy atom. The molecule has 4 heterocycles. The Labute approximate surface area is 291 Å². The van der Waals surface area contributed by atoms with Gasteiger partial charge in [-0.15, -0.1) is 0 Å². The summed E-state index contributed by atoms with van der Waals surface area (Å²) in [7, 11) is 0. The third kappa shape index (κ3) is 4.93. The molecule has 0 aliphatic heterocycles. The summed E-state index contributed by atoms with van der Waals surface area (Å²) in [6.07, 6.45) is 9.15. The summed E-state index contributed by atoms with van der Waals surface area (Å²) >= 11 is 0. The number of pyridine rings is 4. The Balaban J connectivity index is 1.13. The second-order valence-corrected chi connectivity index (χ2v) is 13.2. The van der Waals surface area contributed by atoms with Crippen molar-refractivity contribution in [3.63, 3.8) is 0 Å². The summed E-state index contributed by atoms with van der Waals surface area (Å²) in [5.41, 5.74) is 8.87. The Kier molecular flexibility index (Phi) is 7.20. The fourth-order valence-corrected chi connectivity index (χ4v) is 7.54. The number of rotatable bonds is 6. The number of aromatic nitrogens is 4. The number of allylic oxidation sites excluding steroid dienone is 1. The van der Waals surface area contributed by atoms with E-state index in [4.69, 9.17) is 24.7 Å². The maximum absolute atomic E-state index is 6.43. The van der Waals surface area contributed by atoms with Crippen molar-refractivity contribution in [2.45, 2.75) is 31.6 Å². The predicted molar refractivity (Wildman–Crippen MR) is 203 cm³/mol. The maximum Gasteiger partial charge on any atom is 0.219 e. The van der Waals surface area contributed by atoms with E-state index in [-0.39, 0.29) is 0 Å². The van der Waals surface area contributed by atoms with Crippen LogP contribution in [0.25, 0.3) is 49.8 Å². The molecule has 0 N–H and O–H groups in total. The number of hydrogen-bond acceptors (Lipinski definition) is 5.